The zero-order valence-corrected chi connectivity index (χ0v) is 10.4. The van der Waals surface area contributed by atoms with Crippen molar-refractivity contribution in [2.45, 2.75) is 26.2 Å². The van der Waals surface area contributed by atoms with Gasteiger partial charge in [-0.2, -0.15) is 0 Å². The largest absolute Gasteiger partial charge is 0.316 e. The van der Waals surface area contributed by atoms with Gasteiger partial charge in [0.2, 0.25) is 0 Å². The van der Waals surface area contributed by atoms with Crippen LogP contribution in [0.4, 0.5) is 0 Å². The maximum absolute atomic E-state index is 4.67. The van der Waals surface area contributed by atoms with Crippen LogP contribution in [0.3, 0.4) is 0 Å². The molecule has 2 nitrogen and oxygen atoms in total. The molecular weight excluding hydrogens is 216 g/mol. The van der Waals surface area contributed by atoms with E-state index in [0.29, 0.717) is 0 Å². The second kappa shape index (κ2) is 4.15. The van der Waals surface area contributed by atoms with Crippen molar-refractivity contribution in [1.82, 2.24) is 10.3 Å². The van der Waals surface area contributed by atoms with E-state index in [4.69, 9.17) is 0 Å². The van der Waals surface area contributed by atoms with Gasteiger partial charge in [-0.1, -0.05) is 13.0 Å². The summed E-state index contributed by atoms with van der Waals surface area (Å²) in [6.07, 6.45) is 3.36. The maximum atomic E-state index is 4.67. The lowest BCUT2D eigenvalue weighted by molar-refractivity contribution is 0.711. The topological polar surface area (TPSA) is 24.9 Å². The van der Waals surface area contributed by atoms with Gasteiger partial charge in [0, 0.05) is 0 Å². The van der Waals surface area contributed by atoms with E-state index in [1.807, 2.05) is 11.3 Å². The van der Waals surface area contributed by atoms with E-state index in [0.717, 1.165) is 32.4 Å². The summed E-state index contributed by atoms with van der Waals surface area (Å²) in [5.41, 5.74) is 4.26. The molecule has 1 aromatic carbocycles. The first-order valence-electron chi connectivity index (χ1n) is 5.99. The maximum Gasteiger partial charge on any atom is 0.0935 e. The van der Waals surface area contributed by atoms with Gasteiger partial charge in [-0.15, -0.1) is 11.3 Å². The minimum atomic E-state index is 1.05. The van der Waals surface area contributed by atoms with Crippen molar-refractivity contribution in [2.75, 3.05) is 13.1 Å². The molecule has 0 aliphatic carbocycles. The van der Waals surface area contributed by atoms with Gasteiger partial charge in [0.1, 0.15) is 0 Å². The van der Waals surface area contributed by atoms with Crippen LogP contribution in [0, 0.1) is 0 Å². The minimum absolute atomic E-state index is 1.05. The molecule has 3 rings (SSSR count). The fourth-order valence-corrected chi connectivity index (χ4v) is 3.45. The van der Waals surface area contributed by atoms with E-state index in [1.54, 1.807) is 5.56 Å². The Balaban J connectivity index is 2.20. The Hall–Kier alpha value is -0.930. The number of aromatic nitrogens is 1. The molecule has 1 aliphatic heterocycles. The number of benzene rings is 1. The third-order valence-corrected chi connectivity index (χ3v) is 4.50. The Bertz CT molecular complexity index is 516. The number of fused-ring (bicyclic) bond motifs is 3. The van der Waals surface area contributed by atoms with Gasteiger partial charge in [0.15, 0.2) is 0 Å². The lowest BCUT2D eigenvalue weighted by Gasteiger charge is -2.04. The van der Waals surface area contributed by atoms with Gasteiger partial charge in [-0.3, -0.25) is 0 Å². The summed E-state index contributed by atoms with van der Waals surface area (Å²) in [6.45, 7) is 4.39. The fourth-order valence-electron chi connectivity index (χ4n) is 2.35. The molecule has 1 aromatic heterocycles. The van der Waals surface area contributed by atoms with Gasteiger partial charge >= 0.3 is 0 Å². The molecule has 0 saturated heterocycles. The predicted octanol–water partition coefficient (Wildman–Crippen LogP) is 2.55. The molecule has 0 bridgehead atoms. The van der Waals surface area contributed by atoms with Crippen molar-refractivity contribution in [2.24, 2.45) is 0 Å². The normalized spacial score (nSPS) is 16.1. The Morgan fingerprint density at radius 1 is 1.31 bits per heavy atom. The van der Waals surface area contributed by atoms with E-state index in [1.165, 1.54) is 20.8 Å². The highest BCUT2D eigenvalue weighted by molar-refractivity contribution is 7.18. The third kappa shape index (κ3) is 1.64. The number of rotatable bonds is 1. The van der Waals surface area contributed by atoms with Gasteiger partial charge < -0.3 is 5.32 Å². The highest BCUT2D eigenvalue weighted by atomic mass is 32.1. The summed E-state index contributed by atoms with van der Waals surface area (Å²) in [6, 6.07) is 4.46. The zero-order chi connectivity index (χ0) is 11.0. The number of nitrogens with zero attached hydrogens (tertiary/aromatic N) is 1. The molecule has 0 radical (unpaired) electrons. The molecule has 2 aromatic rings. The Morgan fingerprint density at radius 3 is 3.06 bits per heavy atom. The Labute approximate surface area is 99.7 Å². The van der Waals surface area contributed by atoms with Crippen molar-refractivity contribution in [3.63, 3.8) is 0 Å². The van der Waals surface area contributed by atoms with E-state index < -0.39 is 0 Å². The predicted molar refractivity (Wildman–Crippen MR) is 69.3 cm³/mol. The van der Waals surface area contributed by atoms with E-state index in [9.17, 15) is 0 Å². The second-order valence-electron chi connectivity index (χ2n) is 4.26. The summed E-state index contributed by atoms with van der Waals surface area (Å²) in [7, 11) is 0. The number of hydrogen-bond donors (Lipinski definition) is 1. The van der Waals surface area contributed by atoms with Gasteiger partial charge in [-0.05, 0) is 49.5 Å². The van der Waals surface area contributed by atoms with Gasteiger partial charge in [0.25, 0.3) is 0 Å². The monoisotopic (exact) mass is 232 g/mol. The standard InChI is InChI=1S/C13H16N2S/c1-2-12-15-11-4-3-9-5-7-14-8-6-10(9)13(11)16-12/h3-4,14H,2,5-8H2,1H3. The highest BCUT2D eigenvalue weighted by Gasteiger charge is 2.13. The van der Waals surface area contributed by atoms with Crippen molar-refractivity contribution >= 4 is 21.6 Å². The SMILES string of the molecule is CCc1nc2ccc3c(c2s1)CCNCC3. The van der Waals surface area contributed by atoms with Crippen LogP contribution in [0.15, 0.2) is 12.1 Å². The van der Waals surface area contributed by atoms with Crippen molar-refractivity contribution in [3.8, 4) is 0 Å². The Kier molecular flexibility index (Phi) is 2.65. The van der Waals surface area contributed by atoms with Gasteiger partial charge in [-0.25, -0.2) is 4.98 Å². The lowest BCUT2D eigenvalue weighted by Crippen LogP contribution is -2.16. The highest BCUT2D eigenvalue weighted by Crippen LogP contribution is 2.29. The summed E-state index contributed by atoms with van der Waals surface area (Å²) >= 11 is 1.88. The first-order valence-corrected chi connectivity index (χ1v) is 6.81. The molecule has 2 heterocycles. The summed E-state index contributed by atoms with van der Waals surface area (Å²) in [5.74, 6) is 0. The molecule has 0 amide bonds. The van der Waals surface area contributed by atoms with Crippen LogP contribution in [0.25, 0.3) is 10.2 Å². The van der Waals surface area contributed by atoms with Crippen LogP contribution >= 0.6 is 11.3 Å². The van der Waals surface area contributed by atoms with E-state index in [2.05, 4.69) is 29.4 Å². The van der Waals surface area contributed by atoms with Crippen LogP contribution < -0.4 is 5.32 Å². The molecule has 0 fully saturated rings. The molecule has 0 saturated carbocycles. The molecule has 0 atom stereocenters. The number of hydrogen-bond acceptors (Lipinski definition) is 3. The fraction of sp³-hybridized carbons (Fsp3) is 0.462. The van der Waals surface area contributed by atoms with Crippen LogP contribution in [0.5, 0.6) is 0 Å². The van der Waals surface area contributed by atoms with Crippen LogP contribution in [-0.2, 0) is 19.3 Å². The van der Waals surface area contributed by atoms with Crippen molar-refractivity contribution in [1.29, 1.82) is 0 Å². The van der Waals surface area contributed by atoms with Gasteiger partial charge in [0.05, 0.1) is 15.2 Å². The molecule has 3 heteroatoms. The number of nitrogens with one attached hydrogen (secondary N) is 1. The van der Waals surface area contributed by atoms with Crippen LogP contribution in [0.2, 0.25) is 0 Å². The molecule has 0 spiro atoms. The molecular formula is C13H16N2S. The number of thiazole rings is 1. The zero-order valence-electron chi connectivity index (χ0n) is 9.55. The van der Waals surface area contributed by atoms with Crippen LogP contribution in [0.1, 0.15) is 23.1 Å². The minimum Gasteiger partial charge on any atom is -0.316 e. The quantitative estimate of drug-likeness (QED) is 0.817. The summed E-state index contributed by atoms with van der Waals surface area (Å²) in [5, 5.41) is 4.73. The second-order valence-corrected chi connectivity index (χ2v) is 5.35. The average Bonchev–Trinajstić information content (AvgIpc) is 2.59. The molecule has 16 heavy (non-hydrogen) atoms. The third-order valence-electron chi connectivity index (χ3n) is 3.23. The van der Waals surface area contributed by atoms with Crippen LogP contribution in [-0.4, -0.2) is 18.1 Å². The average molecular weight is 232 g/mol. The molecule has 0 unspecified atom stereocenters. The van der Waals surface area contributed by atoms with E-state index >= 15 is 0 Å². The number of aryl methyl sites for hydroxylation is 1. The molecule has 84 valence electrons. The molecule has 1 aliphatic rings. The summed E-state index contributed by atoms with van der Waals surface area (Å²) < 4.78 is 1.43. The molecule has 1 N–H and O–H groups in total. The van der Waals surface area contributed by atoms with E-state index in [-0.39, 0.29) is 0 Å². The summed E-state index contributed by atoms with van der Waals surface area (Å²) in [4.78, 5) is 4.67. The lowest BCUT2D eigenvalue weighted by atomic mass is 10.0. The first kappa shape index (κ1) is 10.2. The Morgan fingerprint density at radius 2 is 2.19 bits per heavy atom. The van der Waals surface area contributed by atoms with Crippen molar-refractivity contribution in [3.05, 3.63) is 28.3 Å². The van der Waals surface area contributed by atoms with Crippen molar-refractivity contribution < 1.29 is 0 Å². The smallest absolute Gasteiger partial charge is 0.0935 e. The first-order chi connectivity index (χ1) is 7.88.